The molecule has 1 amide bonds. The van der Waals surface area contributed by atoms with Crippen LogP contribution in [0, 0.1) is 12.7 Å². The van der Waals surface area contributed by atoms with Crippen LogP contribution in [0.2, 0.25) is 5.02 Å². The number of halogens is 2. The summed E-state index contributed by atoms with van der Waals surface area (Å²) in [4.78, 5) is 25.4. The lowest BCUT2D eigenvalue weighted by atomic mass is 10.1. The molecule has 0 aliphatic heterocycles. The van der Waals surface area contributed by atoms with Crippen LogP contribution < -0.4 is 15.5 Å². The molecule has 0 bridgehead atoms. The number of nitrogens with one attached hydrogen (secondary N) is 1. The summed E-state index contributed by atoms with van der Waals surface area (Å²) in [5.74, 6) is -1.12. The van der Waals surface area contributed by atoms with Gasteiger partial charge in [0.1, 0.15) is 11.4 Å². The van der Waals surface area contributed by atoms with Crippen LogP contribution in [0.5, 0.6) is 5.75 Å². The van der Waals surface area contributed by atoms with Crippen molar-refractivity contribution in [2.24, 2.45) is 0 Å². The number of rotatable bonds is 5. The summed E-state index contributed by atoms with van der Waals surface area (Å²) in [5.41, 5.74) is 1.50. The fourth-order valence-electron chi connectivity index (χ4n) is 3.09. The van der Waals surface area contributed by atoms with Crippen LogP contribution >= 0.6 is 11.6 Å². The zero-order valence-electron chi connectivity index (χ0n) is 16.4. The normalized spacial score (nSPS) is 10.8. The number of carbonyl (C=O) groups is 1. The number of para-hydroxylation sites is 1. The summed E-state index contributed by atoms with van der Waals surface area (Å²) in [6.07, 6.45) is 0. The minimum absolute atomic E-state index is 0.0232. The van der Waals surface area contributed by atoms with E-state index in [1.165, 1.54) is 18.2 Å². The molecule has 1 aromatic heterocycles. The van der Waals surface area contributed by atoms with Gasteiger partial charge in [0.2, 0.25) is 11.2 Å². The molecule has 0 atom stereocenters. The number of aryl methyl sites for hydroxylation is 1. The molecular formula is C24H17ClFNO4. The molecule has 4 rings (SSSR count). The molecule has 0 aliphatic carbocycles. The Balaban J connectivity index is 1.70. The van der Waals surface area contributed by atoms with Crippen molar-refractivity contribution in [2.45, 2.75) is 6.92 Å². The third-order valence-electron chi connectivity index (χ3n) is 4.61. The highest BCUT2D eigenvalue weighted by molar-refractivity contribution is 6.30. The Labute approximate surface area is 182 Å². The highest BCUT2D eigenvalue weighted by Gasteiger charge is 2.19. The Bertz CT molecular complexity index is 1330. The van der Waals surface area contributed by atoms with Gasteiger partial charge in [-0.15, -0.1) is 0 Å². The van der Waals surface area contributed by atoms with Gasteiger partial charge in [0.05, 0.1) is 11.1 Å². The van der Waals surface area contributed by atoms with Gasteiger partial charge in [-0.3, -0.25) is 9.59 Å². The molecule has 0 fully saturated rings. The van der Waals surface area contributed by atoms with Crippen LogP contribution in [-0.2, 0) is 4.79 Å². The topological polar surface area (TPSA) is 68.5 Å². The van der Waals surface area contributed by atoms with Crippen LogP contribution in [0.4, 0.5) is 10.1 Å². The van der Waals surface area contributed by atoms with E-state index in [1.54, 1.807) is 48.5 Å². The average Bonchev–Trinajstić information content (AvgIpc) is 2.75. The monoisotopic (exact) mass is 437 g/mol. The number of anilines is 1. The highest BCUT2D eigenvalue weighted by atomic mass is 35.5. The first-order valence-corrected chi connectivity index (χ1v) is 9.81. The largest absolute Gasteiger partial charge is 0.476 e. The SMILES string of the molecule is Cc1ccc2c(=O)c(OCC(=O)Nc3ccccc3F)c(-c3ccc(Cl)cc3)oc2c1. The molecule has 156 valence electrons. The van der Waals surface area contributed by atoms with Gasteiger partial charge in [-0.25, -0.2) is 4.39 Å². The highest BCUT2D eigenvalue weighted by Crippen LogP contribution is 2.32. The Hall–Kier alpha value is -3.64. The smallest absolute Gasteiger partial charge is 0.262 e. The van der Waals surface area contributed by atoms with E-state index in [-0.39, 0.29) is 17.2 Å². The second-order valence-corrected chi connectivity index (χ2v) is 7.35. The van der Waals surface area contributed by atoms with Crippen molar-refractivity contribution in [3.63, 3.8) is 0 Å². The van der Waals surface area contributed by atoms with Gasteiger partial charge in [0.25, 0.3) is 5.91 Å². The Morgan fingerprint density at radius 1 is 1.10 bits per heavy atom. The van der Waals surface area contributed by atoms with E-state index < -0.39 is 23.8 Å². The number of hydrogen-bond donors (Lipinski definition) is 1. The van der Waals surface area contributed by atoms with Gasteiger partial charge in [-0.1, -0.05) is 29.8 Å². The van der Waals surface area contributed by atoms with E-state index >= 15 is 0 Å². The van der Waals surface area contributed by atoms with E-state index in [2.05, 4.69) is 5.32 Å². The van der Waals surface area contributed by atoms with E-state index in [1.807, 2.05) is 6.92 Å². The van der Waals surface area contributed by atoms with Crippen molar-refractivity contribution >= 4 is 34.2 Å². The summed E-state index contributed by atoms with van der Waals surface area (Å²) in [6.45, 7) is 1.38. The van der Waals surface area contributed by atoms with Crippen molar-refractivity contribution in [3.8, 4) is 17.1 Å². The number of amides is 1. The van der Waals surface area contributed by atoms with Gasteiger partial charge in [0, 0.05) is 10.6 Å². The maximum atomic E-state index is 13.8. The first-order chi connectivity index (χ1) is 14.9. The molecule has 0 radical (unpaired) electrons. The maximum Gasteiger partial charge on any atom is 0.262 e. The molecule has 0 aliphatic rings. The molecule has 1 N–H and O–H groups in total. The van der Waals surface area contributed by atoms with E-state index in [4.69, 9.17) is 20.8 Å². The lowest BCUT2D eigenvalue weighted by Gasteiger charge is -2.12. The summed E-state index contributed by atoms with van der Waals surface area (Å²) >= 11 is 5.97. The lowest BCUT2D eigenvalue weighted by Crippen LogP contribution is -2.23. The molecule has 1 heterocycles. The average molecular weight is 438 g/mol. The van der Waals surface area contributed by atoms with E-state index in [9.17, 15) is 14.0 Å². The quantitative estimate of drug-likeness (QED) is 0.442. The second-order valence-electron chi connectivity index (χ2n) is 6.91. The molecule has 5 nitrogen and oxygen atoms in total. The number of hydrogen-bond acceptors (Lipinski definition) is 4. The third kappa shape index (κ3) is 4.44. The number of ether oxygens (including phenoxy) is 1. The summed E-state index contributed by atoms with van der Waals surface area (Å²) in [7, 11) is 0. The number of carbonyl (C=O) groups excluding carboxylic acids is 1. The third-order valence-corrected chi connectivity index (χ3v) is 4.86. The summed E-state index contributed by atoms with van der Waals surface area (Å²) < 4.78 is 25.4. The molecule has 4 aromatic rings. The van der Waals surface area contributed by atoms with Crippen LogP contribution in [0.1, 0.15) is 5.56 Å². The van der Waals surface area contributed by atoms with Gasteiger partial charge in [-0.2, -0.15) is 0 Å². The molecule has 7 heteroatoms. The van der Waals surface area contributed by atoms with Crippen LogP contribution in [-0.4, -0.2) is 12.5 Å². The minimum atomic E-state index is -0.615. The Kier molecular flexibility index (Phi) is 5.73. The number of benzene rings is 3. The molecule has 0 saturated heterocycles. The maximum absolute atomic E-state index is 13.8. The molecule has 0 saturated carbocycles. The van der Waals surface area contributed by atoms with Crippen molar-refractivity contribution < 1.29 is 18.3 Å². The Morgan fingerprint density at radius 3 is 2.58 bits per heavy atom. The molecule has 31 heavy (non-hydrogen) atoms. The fraction of sp³-hybridized carbons (Fsp3) is 0.0833. The van der Waals surface area contributed by atoms with E-state index in [0.717, 1.165) is 5.56 Å². The van der Waals surface area contributed by atoms with Crippen molar-refractivity contribution in [3.05, 3.63) is 93.4 Å². The van der Waals surface area contributed by atoms with E-state index in [0.29, 0.717) is 21.6 Å². The van der Waals surface area contributed by atoms with Crippen LogP contribution in [0.3, 0.4) is 0 Å². The standard InChI is InChI=1S/C24H17ClFNO4/c1-14-6-11-17-20(12-14)31-23(15-7-9-16(25)10-8-15)24(22(17)29)30-13-21(28)27-19-5-3-2-4-18(19)26/h2-12H,13H2,1H3,(H,27,28). The summed E-state index contributed by atoms with van der Waals surface area (Å²) in [6, 6.07) is 17.7. The number of fused-ring (bicyclic) bond motifs is 1. The predicted molar refractivity (Wildman–Crippen MR) is 118 cm³/mol. The minimum Gasteiger partial charge on any atom is -0.476 e. The van der Waals surface area contributed by atoms with Gasteiger partial charge in [-0.05, 0) is 61.0 Å². The van der Waals surface area contributed by atoms with Crippen molar-refractivity contribution in [1.82, 2.24) is 0 Å². The zero-order chi connectivity index (χ0) is 22.0. The van der Waals surface area contributed by atoms with Gasteiger partial charge in [0.15, 0.2) is 12.4 Å². The first-order valence-electron chi connectivity index (χ1n) is 9.43. The molecule has 3 aromatic carbocycles. The van der Waals surface area contributed by atoms with Crippen molar-refractivity contribution in [2.75, 3.05) is 11.9 Å². The molecule has 0 unspecified atom stereocenters. The van der Waals surface area contributed by atoms with Crippen LogP contribution in [0.25, 0.3) is 22.3 Å². The first kappa shape index (κ1) is 20.6. The predicted octanol–water partition coefficient (Wildman–Crippen LogP) is 5.58. The van der Waals surface area contributed by atoms with Gasteiger partial charge < -0.3 is 14.5 Å². The van der Waals surface area contributed by atoms with Gasteiger partial charge >= 0.3 is 0 Å². The van der Waals surface area contributed by atoms with Crippen LogP contribution in [0.15, 0.2) is 75.9 Å². The van der Waals surface area contributed by atoms with Crippen molar-refractivity contribution in [1.29, 1.82) is 0 Å². The molecule has 0 spiro atoms. The molecular weight excluding hydrogens is 421 g/mol. The zero-order valence-corrected chi connectivity index (χ0v) is 17.2. The fourth-order valence-corrected chi connectivity index (χ4v) is 3.22. The second kappa shape index (κ2) is 8.62. The lowest BCUT2D eigenvalue weighted by molar-refractivity contribution is -0.118. The Morgan fingerprint density at radius 2 is 1.84 bits per heavy atom. The summed E-state index contributed by atoms with van der Waals surface area (Å²) in [5, 5.41) is 3.27.